The number of imidazole rings is 1. The van der Waals surface area contributed by atoms with Crippen molar-refractivity contribution in [3.8, 4) is 11.5 Å². The number of Topliss-reactive ketones (excluding diaryl/α,β-unsaturated/α-hetero) is 1. The number of ketones is 1. The van der Waals surface area contributed by atoms with Crippen molar-refractivity contribution in [1.82, 2.24) is 14.6 Å². The molecule has 8 heteroatoms. The number of fused-ring (bicyclic) bond motifs is 1. The molecular weight excluding hydrogens is 383 g/mol. The van der Waals surface area contributed by atoms with Crippen molar-refractivity contribution in [3.05, 3.63) is 77.2 Å². The van der Waals surface area contributed by atoms with Crippen LogP contribution in [-0.4, -0.2) is 20.4 Å². The standard InChI is InChI=1S/C21H16F3N3O2/c1-13-25-12-19-27(13)26-20(29-19)15-8-6-14(7-9-15)10-17(28)11-16-4-2-3-5-18(16)21(22,23)24/h2-9,12H,10-11H2,1H3. The lowest BCUT2D eigenvalue weighted by Gasteiger charge is -2.12. The fraction of sp³-hybridized carbons (Fsp3) is 0.190. The summed E-state index contributed by atoms with van der Waals surface area (Å²) in [5.74, 6) is 0.834. The van der Waals surface area contributed by atoms with Gasteiger partial charge in [0.15, 0.2) is 0 Å². The Hall–Kier alpha value is -3.42. The maximum absolute atomic E-state index is 13.1. The van der Waals surface area contributed by atoms with Crippen LogP contribution in [0.2, 0.25) is 0 Å². The Balaban J connectivity index is 1.47. The summed E-state index contributed by atoms with van der Waals surface area (Å²) in [6.45, 7) is 1.81. The van der Waals surface area contributed by atoms with Crippen LogP contribution in [0.5, 0.6) is 0 Å². The van der Waals surface area contributed by atoms with Crippen molar-refractivity contribution >= 4 is 11.5 Å². The normalized spacial score (nSPS) is 11.9. The largest absolute Gasteiger partial charge is 0.417 e. The summed E-state index contributed by atoms with van der Waals surface area (Å²) in [6, 6.07) is 12.2. The van der Waals surface area contributed by atoms with E-state index in [9.17, 15) is 18.0 Å². The van der Waals surface area contributed by atoms with Gasteiger partial charge in [-0.3, -0.25) is 4.79 Å². The molecule has 0 bridgehead atoms. The highest BCUT2D eigenvalue weighted by Gasteiger charge is 2.33. The first-order valence-corrected chi connectivity index (χ1v) is 8.88. The maximum Gasteiger partial charge on any atom is 0.416 e. The Kier molecular flexibility index (Phi) is 4.70. The lowest BCUT2D eigenvalue weighted by molar-refractivity contribution is -0.138. The lowest BCUT2D eigenvalue weighted by Crippen LogP contribution is -2.13. The molecular formula is C21H16F3N3O2. The van der Waals surface area contributed by atoms with Crippen LogP contribution in [0, 0.1) is 6.92 Å². The zero-order valence-electron chi connectivity index (χ0n) is 15.4. The van der Waals surface area contributed by atoms with Crippen molar-refractivity contribution in [1.29, 1.82) is 0 Å². The van der Waals surface area contributed by atoms with E-state index in [1.54, 1.807) is 35.0 Å². The van der Waals surface area contributed by atoms with Crippen molar-refractivity contribution in [2.45, 2.75) is 25.9 Å². The first-order chi connectivity index (χ1) is 13.8. The first kappa shape index (κ1) is 18.9. The minimum atomic E-state index is -4.48. The summed E-state index contributed by atoms with van der Waals surface area (Å²) >= 11 is 0. The number of nitrogens with zero attached hydrogens (tertiary/aromatic N) is 3. The van der Waals surface area contributed by atoms with Crippen molar-refractivity contribution in [3.63, 3.8) is 0 Å². The second-order valence-electron chi connectivity index (χ2n) is 6.71. The topological polar surface area (TPSA) is 60.4 Å². The van der Waals surface area contributed by atoms with Crippen LogP contribution in [0.25, 0.3) is 17.2 Å². The van der Waals surface area contributed by atoms with E-state index in [0.29, 0.717) is 23.0 Å². The van der Waals surface area contributed by atoms with Crippen LogP contribution in [0.3, 0.4) is 0 Å². The molecule has 2 aromatic heterocycles. The van der Waals surface area contributed by atoms with Crippen molar-refractivity contribution in [2.75, 3.05) is 0 Å². The van der Waals surface area contributed by atoms with E-state index in [1.807, 2.05) is 6.92 Å². The molecule has 5 nitrogen and oxygen atoms in total. The van der Waals surface area contributed by atoms with E-state index in [-0.39, 0.29) is 24.2 Å². The van der Waals surface area contributed by atoms with Gasteiger partial charge in [-0.15, -0.1) is 5.10 Å². The number of carbonyl (C=O) groups excluding carboxylic acids is 1. The monoisotopic (exact) mass is 399 g/mol. The van der Waals surface area contributed by atoms with Gasteiger partial charge < -0.3 is 4.42 Å². The predicted molar refractivity (Wildman–Crippen MR) is 99.3 cm³/mol. The summed E-state index contributed by atoms with van der Waals surface area (Å²) in [5.41, 5.74) is 1.18. The van der Waals surface area contributed by atoms with Crippen LogP contribution in [0.15, 0.2) is 59.1 Å². The average Bonchev–Trinajstić information content (AvgIpc) is 3.24. The van der Waals surface area contributed by atoms with Crippen LogP contribution >= 0.6 is 0 Å². The van der Waals surface area contributed by atoms with Gasteiger partial charge in [0.2, 0.25) is 11.6 Å². The molecule has 0 N–H and O–H groups in total. The molecule has 0 spiro atoms. The molecule has 0 aliphatic carbocycles. The summed E-state index contributed by atoms with van der Waals surface area (Å²) in [5, 5.41) is 4.34. The van der Waals surface area contributed by atoms with Gasteiger partial charge in [-0.1, -0.05) is 30.3 Å². The van der Waals surface area contributed by atoms with Crippen molar-refractivity contribution in [2.24, 2.45) is 0 Å². The third-order valence-electron chi connectivity index (χ3n) is 4.58. The third-order valence-corrected chi connectivity index (χ3v) is 4.58. The molecule has 0 aliphatic rings. The molecule has 4 aromatic rings. The number of benzene rings is 2. The van der Waals surface area contributed by atoms with Gasteiger partial charge in [-0.05, 0) is 36.2 Å². The zero-order valence-corrected chi connectivity index (χ0v) is 15.4. The van der Waals surface area contributed by atoms with Crippen LogP contribution in [0.1, 0.15) is 22.5 Å². The molecule has 148 valence electrons. The predicted octanol–water partition coefficient (Wildman–Crippen LogP) is 4.67. The summed E-state index contributed by atoms with van der Waals surface area (Å²) in [4.78, 5) is 16.4. The number of alkyl halides is 3. The minimum absolute atomic E-state index is 0.0127. The van der Waals surface area contributed by atoms with Gasteiger partial charge in [-0.25, -0.2) is 4.98 Å². The molecule has 0 saturated carbocycles. The number of hydrogen-bond donors (Lipinski definition) is 0. The van der Waals surface area contributed by atoms with Gasteiger partial charge in [0.1, 0.15) is 11.6 Å². The van der Waals surface area contributed by atoms with Gasteiger partial charge in [0, 0.05) is 18.4 Å². The van der Waals surface area contributed by atoms with Crippen LogP contribution in [0.4, 0.5) is 13.2 Å². The van der Waals surface area contributed by atoms with E-state index in [2.05, 4.69) is 10.1 Å². The Morgan fingerprint density at radius 1 is 1.07 bits per heavy atom. The third kappa shape index (κ3) is 3.91. The average molecular weight is 399 g/mol. The van der Waals surface area contributed by atoms with Crippen LogP contribution in [-0.2, 0) is 23.8 Å². The Morgan fingerprint density at radius 2 is 1.79 bits per heavy atom. The Labute approximate surface area is 163 Å². The van der Waals surface area contributed by atoms with E-state index in [1.165, 1.54) is 18.2 Å². The lowest BCUT2D eigenvalue weighted by atomic mass is 9.98. The second kappa shape index (κ2) is 7.20. The summed E-state index contributed by atoms with van der Waals surface area (Å²) < 4.78 is 46.5. The molecule has 0 saturated heterocycles. The first-order valence-electron chi connectivity index (χ1n) is 8.88. The SMILES string of the molecule is Cc1ncc2oc(-c3ccc(CC(=O)Cc4ccccc4C(F)(F)F)cc3)nn12. The molecule has 0 fully saturated rings. The fourth-order valence-corrected chi connectivity index (χ4v) is 3.15. The highest BCUT2D eigenvalue weighted by Crippen LogP contribution is 2.32. The number of carbonyl (C=O) groups is 1. The molecule has 0 unspecified atom stereocenters. The second-order valence-corrected chi connectivity index (χ2v) is 6.71. The van der Waals surface area contributed by atoms with Crippen LogP contribution < -0.4 is 0 Å². The zero-order chi connectivity index (χ0) is 20.6. The fourth-order valence-electron chi connectivity index (χ4n) is 3.15. The van der Waals surface area contributed by atoms with Gasteiger partial charge in [0.05, 0.1) is 11.8 Å². The quantitative estimate of drug-likeness (QED) is 0.489. The molecule has 0 atom stereocenters. The van der Waals surface area contributed by atoms with Gasteiger partial charge >= 0.3 is 6.18 Å². The van der Waals surface area contributed by atoms with Gasteiger partial charge in [-0.2, -0.15) is 17.7 Å². The minimum Gasteiger partial charge on any atom is -0.417 e. The smallest absolute Gasteiger partial charge is 0.416 e. The molecule has 4 rings (SSSR count). The molecule has 2 aromatic carbocycles. The number of rotatable bonds is 5. The molecule has 2 heterocycles. The molecule has 29 heavy (non-hydrogen) atoms. The summed E-state index contributed by atoms with van der Waals surface area (Å²) in [6.07, 6.45) is -3.12. The molecule has 0 aliphatic heterocycles. The number of aryl methyl sites for hydroxylation is 1. The number of aromatic nitrogens is 3. The number of halogens is 3. The summed E-state index contributed by atoms with van der Waals surface area (Å²) in [7, 11) is 0. The number of hydrogen-bond acceptors (Lipinski definition) is 4. The molecule has 0 amide bonds. The van der Waals surface area contributed by atoms with Gasteiger partial charge in [0.25, 0.3) is 0 Å². The Bertz CT molecular complexity index is 1170. The van der Waals surface area contributed by atoms with E-state index >= 15 is 0 Å². The highest BCUT2D eigenvalue weighted by molar-refractivity contribution is 5.83. The highest BCUT2D eigenvalue weighted by atomic mass is 19.4. The Morgan fingerprint density at radius 3 is 2.48 bits per heavy atom. The molecule has 0 radical (unpaired) electrons. The van der Waals surface area contributed by atoms with E-state index < -0.39 is 11.7 Å². The van der Waals surface area contributed by atoms with Crippen molar-refractivity contribution < 1.29 is 22.4 Å². The van der Waals surface area contributed by atoms with E-state index in [0.717, 1.165) is 11.6 Å². The maximum atomic E-state index is 13.1. The van der Waals surface area contributed by atoms with E-state index in [4.69, 9.17) is 4.42 Å².